The SMILES string of the molecule is COC(=O)CCCS(=O)(=O)NCCC1CCCCO1. The Balaban J connectivity index is 2.13. The molecule has 0 aromatic heterocycles. The molecule has 1 fully saturated rings. The van der Waals surface area contributed by atoms with Crippen LogP contribution in [0.2, 0.25) is 0 Å². The molecule has 6 nitrogen and oxygen atoms in total. The maximum absolute atomic E-state index is 11.6. The van der Waals surface area contributed by atoms with Gasteiger partial charge in [0, 0.05) is 19.6 Å². The molecule has 1 atom stereocenters. The van der Waals surface area contributed by atoms with Crippen molar-refractivity contribution < 1.29 is 22.7 Å². The fourth-order valence-corrected chi connectivity index (χ4v) is 3.09. The van der Waals surface area contributed by atoms with E-state index in [-0.39, 0.29) is 30.7 Å². The van der Waals surface area contributed by atoms with E-state index in [1.807, 2.05) is 0 Å². The first-order chi connectivity index (χ1) is 9.03. The molecule has 0 radical (unpaired) electrons. The molecule has 1 saturated heterocycles. The van der Waals surface area contributed by atoms with Gasteiger partial charge in [-0.15, -0.1) is 0 Å². The summed E-state index contributed by atoms with van der Waals surface area (Å²) in [5.74, 6) is -0.432. The van der Waals surface area contributed by atoms with Crippen LogP contribution < -0.4 is 4.72 Å². The number of hydrogen-bond donors (Lipinski definition) is 1. The normalized spacial score (nSPS) is 20.2. The molecule has 1 heterocycles. The number of sulfonamides is 1. The Morgan fingerprint density at radius 1 is 1.42 bits per heavy atom. The summed E-state index contributed by atoms with van der Waals surface area (Å²) >= 11 is 0. The second-order valence-electron chi connectivity index (χ2n) is 4.67. The molecule has 1 N–H and O–H groups in total. The topological polar surface area (TPSA) is 81.7 Å². The van der Waals surface area contributed by atoms with Crippen molar-refractivity contribution in [3.05, 3.63) is 0 Å². The van der Waals surface area contributed by atoms with Crippen LogP contribution in [-0.2, 0) is 24.3 Å². The molecule has 7 heteroatoms. The second-order valence-corrected chi connectivity index (χ2v) is 6.60. The van der Waals surface area contributed by atoms with Gasteiger partial charge in [0.2, 0.25) is 10.0 Å². The van der Waals surface area contributed by atoms with Gasteiger partial charge in [-0.3, -0.25) is 4.79 Å². The fourth-order valence-electron chi connectivity index (χ4n) is 1.99. The molecule has 0 saturated carbocycles. The molecule has 1 aliphatic heterocycles. The zero-order chi connectivity index (χ0) is 14.1. The number of nitrogens with one attached hydrogen (secondary N) is 1. The Bertz CT molecular complexity index is 362. The lowest BCUT2D eigenvalue weighted by molar-refractivity contribution is -0.140. The number of carbonyl (C=O) groups is 1. The van der Waals surface area contributed by atoms with Crippen molar-refractivity contribution in [2.45, 2.75) is 44.6 Å². The summed E-state index contributed by atoms with van der Waals surface area (Å²) in [6, 6.07) is 0. The van der Waals surface area contributed by atoms with E-state index in [1.165, 1.54) is 7.11 Å². The molecule has 1 rings (SSSR count). The van der Waals surface area contributed by atoms with Gasteiger partial charge in [-0.1, -0.05) is 0 Å². The van der Waals surface area contributed by atoms with Gasteiger partial charge in [0.15, 0.2) is 0 Å². The van der Waals surface area contributed by atoms with E-state index < -0.39 is 10.0 Å². The van der Waals surface area contributed by atoms with E-state index in [0.29, 0.717) is 13.0 Å². The number of rotatable bonds is 8. The molecular formula is C12H23NO5S. The van der Waals surface area contributed by atoms with Gasteiger partial charge < -0.3 is 9.47 Å². The van der Waals surface area contributed by atoms with Crippen molar-refractivity contribution in [1.29, 1.82) is 0 Å². The third-order valence-corrected chi connectivity index (χ3v) is 4.55. The predicted molar refractivity (Wildman–Crippen MR) is 71.2 cm³/mol. The van der Waals surface area contributed by atoms with Crippen LogP contribution in [0.3, 0.4) is 0 Å². The zero-order valence-electron chi connectivity index (χ0n) is 11.4. The van der Waals surface area contributed by atoms with Crippen molar-refractivity contribution >= 4 is 16.0 Å². The summed E-state index contributed by atoms with van der Waals surface area (Å²) in [4.78, 5) is 10.9. The van der Waals surface area contributed by atoms with Crippen molar-refractivity contribution in [1.82, 2.24) is 4.72 Å². The van der Waals surface area contributed by atoms with Crippen molar-refractivity contribution in [3.8, 4) is 0 Å². The number of esters is 1. The number of carbonyl (C=O) groups excluding carboxylic acids is 1. The lowest BCUT2D eigenvalue weighted by Gasteiger charge is -2.22. The lowest BCUT2D eigenvalue weighted by atomic mass is 10.1. The minimum absolute atomic E-state index is 0.0480. The van der Waals surface area contributed by atoms with Crippen molar-refractivity contribution in [3.63, 3.8) is 0 Å². The van der Waals surface area contributed by atoms with Gasteiger partial charge in [0.05, 0.1) is 19.0 Å². The Hall–Kier alpha value is -0.660. The molecule has 19 heavy (non-hydrogen) atoms. The van der Waals surface area contributed by atoms with Gasteiger partial charge >= 0.3 is 5.97 Å². The summed E-state index contributed by atoms with van der Waals surface area (Å²) in [5.41, 5.74) is 0. The third-order valence-electron chi connectivity index (χ3n) is 3.08. The van der Waals surface area contributed by atoms with E-state index in [9.17, 15) is 13.2 Å². The largest absolute Gasteiger partial charge is 0.469 e. The van der Waals surface area contributed by atoms with E-state index in [1.54, 1.807) is 0 Å². The first kappa shape index (κ1) is 16.4. The molecule has 0 bridgehead atoms. The predicted octanol–water partition coefficient (Wildman–Crippen LogP) is 0.818. The molecular weight excluding hydrogens is 270 g/mol. The summed E-state index contributed by atoms with van der Waals surface area (Å²) in [6.07, 6.45) is 4.53. The van der Waals surface area contributed by atoms with Gasteiger partial charge in [-0.05, 0) is 32.1 Å². The molecule has 0 spiro atoms. The van der Waals surface area contributed by atoms with Crippen LogP contribution in [0.1, 0.15) is 38.5 Å². The smallest absolute Gasteiger partial charge is 0.305 e. The van der Waals surface area contributed by atoms with E-state index >= 15 is 0 Å². The highest BCUT2D eigenvalue weighted by atomic mass is 32.2. The first-order valence-corrected chi connectivity index (χ1v) is 8.34. The van der Waals surface area contributed by atoms with Gasteiger partial charge in [-0.25, -0.2) is 13.1 Å². The van der Waals surface area contributed by atoms with E-state index in [0.717, 1.165) is 25.9 Å². The number of methoxy groups -OCH3 is 1. The second kappa shape index (κ2) is 8.50. The Kier molecular flexibility index (Phi) is 7.33. The molecule has 0 aliphatic carbocycles. The zero-order valence-corrected chi connectivity index (χ0v) is 12.2. The van der Waals surface area contributed by atoms with Crippen LogP contribution in [0, 0.1) is 0 Å². The number of hydrogen-bond acceptors (Lipinski definition) is 5. The number of ether oxygens (including phenoxy) is 2. The Morgan fingerprint density at radius 3 is 2.84 bits per heavy atom. The monoisotopic (exact) mass is 293 g/mol. The summed E-state index contributed by atoms with van der Waals surface area (Å²) < 4.78 is 35.8. The minimum Gasteiger partial charge on any atom is -0.469 e. The maximum Gasteiger partial charge on any atom is 0.305 e. The average molecular weight is 293 g/mol. The molecule has 0 amide bonds. The standard InChI is InChI=1S/C12H23NO5S/c1-17-12(14)6-4-10-19(15,16)13-8-7-11-5-2-3-9-18-11/h11,13H,2-10H2,1H3. The highest BCUT2D eigenvalue weighted by molar-refractivity contribution is 7.89. The van der Waals surface area contributed by atoms with Gasteiger partial charge in [-0.2, -0.15) is 0 Å². The summed E-state index contributed by atoms with van der Waals surface area (Å²) in [5, 5.41) is 0. The molecule has 0 aromatic rings. The van der Waals surface area contributed by atoms with Crippen molar-refractivity contribution in [2.24, 2.45) is 0 Å². The van der Waals surface area contributed by atoms with Crippen LogP contribution in [-0.4, -0.2) is 46.5 Å². The quantitative estimate of drug-likeness (QED) is 0.670. The molecule has 1 unspecified atom stereocenters. The Morgan fingerprint density at radius 2 is 2.21 bits per heavy atom. The van der Waals surface area contributed by atoms with E-state index in [2.05, 4.69) is 9.46 Å². The lowest BCUT2D eigenvalue weighted by Crippen LogP contribution is -2.31. The third kappa shape index (κ3) is 7.49. The van der Waals surface area contributed by atoms with Crippen LogP contribution >= 0.6 is 0 Å². The van der Waals surface area contributed by atoms with E-state index in [4.69, 9.17) is 4.74 Å². The maximum atomic E-state index is 11.6. The molecule has 1 aliphatic rings. The van der Waals surface area contributed by atoms with Crippen LogP contribution in [0.4, 0.5) is 0 Å². The molecule has 112 valence electrons. The van der Waals surface area contributed by atoms with Crippen LogP contribution in [0.25, 0.3) is 0 Å². The summed E-state index contributed by atoms with van der Waals surface area (Å²) in [6.45, 7) is 1.17. The van der Waals surface area contributed by atoms with Crippen LogP contribution in [0.15, 0.2) is 0 Å². The van der Waals surface area contributed by atoms with Crippen molar-refractivity contribution in [2.75, 3.05) is 26.0 Å². The highest BCUT2D eigenvalue weighted by Gasteiger charge is 2.16. The first-order valence-electron chi connectivity index (χ1n) is 6.69. The van der Waals surface area contributed by atoms with Crippen LogP contribution in [0.5, 0.6) is 0 Å². The molecule has 0 aromatic carbocycles. The fraction of sp³-hybridized carbons (Fsp3) is 0.917. The average Bonchev–Trinajstić information content (AvgIpc) is 2.39. The van der Waals surface area contributed by atoms with Gasteiger partial charge in [0.1, 0.15) is 0 Å². The van der Waals surface area contributed by atoms with Gasteiger partial charge in [0.25, 0.3) is 0 Å². The highest BCUT2D eigenvalue weighted by Crippen LogP contribution is 2.14. The Labute approximate surface area is 114 Å². The summed E-state index contributed by atoms with van der Waals surface area (Å²) in [7, 11) is -2.01. The minimum atomic E-state index is -3.30.